The molecule has 1 heterocycles. The van der Waals surface area contributed by atoms with E-state index in [0.717, 1.165) is 0 Å². The molecule has 0 aromatic heterocycles. The van der Waals surface area contributed by atoms with Gasteiger partial charge >= 0.3 is 0 Å². The molecule has 1 rings (SSSR count). The third-order valence-corrected chi connectivity index (χ3v) is 1.85. The molecule has 0 amide bonds. The van der Waals surface area contributed by atoms with Gasteiger partial charge in [0, 0.05) is 0 Å². The minimum atomic E-state index is -1.73. The molecule has 1 aliphatic rings. The van der Waals surface area contributed by atoms with Crippen molar-refractivity contribution in [1.29, 1.82) is 0 Å². The first-order valence-corrected chi connectivity index (χ1v) is 3.50. The van der Waals surface area contributed by atoms with Crippen molar-refractivity contribution in [3.05, 3.63) is 0 Å². The number of aliphatic hydroxyl groups excluding tert-OH is 4. The van der Waals surface area contributed by atoms with Gasteiger partial charge in [0.25, 0.3) is 0 Å². The van der Waals surface area contributed by atoms with Crippen LogP contribution in [0.25, 0.3) is 0 Å². The third kappa shape index (κ3) is 1.58. The van der Waals surface area contributed by atoms with Crippen LogP contribution in [0.4, 0.5) is 0 Å². The van der Waals surface area contributed by atoms with Gasteiger partial charge in [0.2, 0.25) is 0 Å². The van der Waals surface area contributed by atoms with Gasteiger partial charge in [-0.1, -0.05) is 0 Å². The first-order chi connectivity index (χ1) is 5.95. The molecule has 0 aromatic carbocycles. The highest BCUT2D eigenvalue weighted by Gasteiger charge is 2.41. The van der Waals surface area contributed by atoms with E-state index >= 15 is 0 Å². The van der Waals surface area contributed by atoms with E-state index in [0.29, 0.717) is 0 Å². The normalized spacial score (nSPS) is 53.1. The molecule has 6 atom stereocenters. The number of ether oxygens (including phenoxy) is 1. The Morgan fingerprint density at radius 2 is 1.92 bits per heavy atom. The lowest BCUT2D eigenvalue weighted by Gasteiger charge is -2.38. The highest BCUT2D eigenvalue weighted by atomic mass is 16.6. The van der Waals surface area contributed by atoms with Gasteiger partial charge in [0.1, 0.15) is 18.3 Å². The lowest BCUT2D eigenvalue weighted by Crippen LogP contribution is -2.61. The maximum absolute atomic E-state index is 9.25. The Morgan fingerprint density at radius 1 is 1.33 bits per heavy atom. The Kier molecular flexibility index (Phi) is 2.54. The van der Waals surface area contributed by atoms with Crippen LogP contribution in [0.3, 0.4) is 0 Å². The van der Waals surface area contributed by atoms with Gasteiger partial charge in [-0.15, -0.1) is 0 Å². The average Bonchev–Trinajstić information content (AvgIpc) is 2.07. The fraction of sp³-hybridized carbons (Fsp3) is 1.00. The van der Waals surface area contributed by atoms with Crippen molar-refractivity contribution in [2.45, 2.75) is 30.6 Å². The summed E-state index contributed by atoms with van der Waals surface area (Å²) in [5.74, 6) is 0. The molecule has 1 aliphatic heterocycles. The molecule has 0 aromatic rings. The fourth-order valence-electron chi connectivity index (χ4n) is 1.05. The average molecular weight is 181 g/mol. The summed E-state index contributed by atoms with van der Waals surface area (Å²) in [4.78, 5) is 0. The number of rotatable bonds is 1. The van der Waals surface area contributed by atoms with Crippen LogP contribution in [0.5, 0.6) is 0 Å². The summed E-state index contributed by atoms with van der Waals surface area (Å²) in [6.07, 6.45) is -5.70. The largest absolute Gasteiger partial charge is 0.394 e. The van der Waals surface area contributed by atoms with Crippen LogP contribution in [-0.4, -0.2) is 57.7 Å². The molecular weight excluding hydrogens is 166 g/mol. The number of hydrogen-bond acceptors (Lipinski definition) is 6. The van der Waals surface area contributed by atoms with E-state index in [1.165, 1.54) is 0 Å². The van der Waals surface area contributed by atoms with Crippen molar-refractivity contribution >= 4 is 0 Å². The molecule has 0 aliphatic carbocycles. The highest BCUT2D eigenvalue weighted by Crippen LogP contribution is 2.17. The van der Waals surface area contributed by atoms with Crippen LogP contribution in [0.15, 0.2) is 0 Å². The Labute approximate surface area is 70.6 Å². The van der Waals surface area contributed by atoms with Gasteiger partial charge in [-0.2, -0.15) is 0 Å². The second-order valence-corrected chi connectivity index (χ2v) is 2.70. The van der Waals surface area contributed by atoms with Crippen molar-refractivity contribution in [2.75, 3.05) is 6.58 Å². The minimum Gasteiger partial charge on any atom is -0.394 e. The fourth-order valence-corrected chi connectivity index (χ4v) is 1.05. The van der Waals surface area contributed by atoms with E-state index in [-0.39, 0.29) is 0 Å². The lowest BCUT2D eigenvalue weighted by atomic mass is 9.98. The SMILES string of the molecule is [3H]C(O)[C@H]1OC(O)[C@H](N)[C@@H](O)[C@@H]1O. The van der Waals surface area contributed by atoms with E-state index in [9.17, 15) is 10.2 Å². The maximum Gasteiger partial charge on any atom is 0.173 e. The Hall–Kier alpha value is -0.240. The zero-order valence-electron chi connectivity index (χ0n) is 7.24. The molecule has 72 valence electrons. The van der Waals surface area contributed by atoms with Crippen molar-refractivity contribution < 1.29 is 26.5 Å². The number of hydrogen-bond donors (Lipinski definition) is 5. The van der Waals surface area contributed by atoms with E-state index < -0.39 is 37.2 Å². The Balaban J connectivity index is 2.70. The second-order valence-electron chi connectivity index (χ2n) is 2.70. The van der Waals surface area contributed by atoms with Crippen molar-refractivity contribution in [2.24, 2.45) is 5.73 Å². The Bertz CT molecular complexity index is 180. The second kappa shape index (κ2) is 3.65. The summed E-state index contributed by atoms with van der Waals surface area (Å²) in [6.45, 7) is -1.73. The highest BCUT2D eigenvalue weighted by molar-refractivity contribution is 4.90. The predicted octanol–water partition coefficient (Wildman–Crippen LogP) is -3.26. The van der Waals surface area contributed by atoms with E-state index in [2.05, 4.69) is 4.74 Å². The number of nitrogens with two attached hydrogens (primary N) is 1. The van der Waals surface area contributed by atoms with Crippen molar-refractivity contribution in [1.82, 2.24) is 0 Å². The molecular formula is C6H13NO5. The topological polar surface area (TPSA) is 116 Å². The molecule has 1 fully saturated rings. The molecule has 6 heteroatoms. The quantitative estimate of drug-likeness (QED) is 0.290. The molecule has 12 heavy (non-hydrogen) atoms. The Morgan fingerprint density at radius 3 is 2.42 bits per heavy atom. The zero-order valence-corrected chi connectivity index (χ0v) is 6.24. The summed E-state index contributed by atoms with van der Waals surface area (Å²) in [5, 5.41) is 36.3. The molecule has 1 saturated heterocycles. The standard InChI is InChI=1S/C6H13NO5/c7-3-5(10)4(9)2(1-8)12-6(3)11/h2-6,8-11H,1,7H2/t2-,3-,4-,5-,6?/m1/s1/i1T/t1?,2-,3-,4-,5-,6?. The molecule has 0 radical (unpaired) electrons. The van der Waals surface area contributed by atoms with Gasteiger partial charge < -0.3 is 30.9 Å². The van der Waals surface area contributed by atoms with Gasteiger partial charge in [0.15, 0.2) is 6.29 Å². The van der Waals surface area contributed by atoms with Gasteiger partial charge in [-0.25, -0.2) is 0 Å². The van der Waals surface area contributed by atoms with Crippen molar-refractivity contribution in [3.63, 3.8) is 0 Å². The van der Waals surface area contributed by atoms with E-state index in [4.69, 9.17) is 17.3 Å². The van der Waals surface area contributed by atoms with Crippen LogP contribution < -0.4 is 5.73 Å². The summed E-state index contributed by atoms with van der Waals surface area (Å²) >= 11 is 0. The first kappa shape index (κ1) is 8.36. The van der Waals surface area contributed by atoms with E-state index in [1.807, 2.05) is 0 Å². The molecule has 0 saturated carbocycles. The van der Waals surface area contributed by atoms with Crippen LogP contribution in [-0.2, 0) is 4.74 Å². The van der Waals surface area contributed by atoms with Gasteiger partial charge in [0.05, 0.1) is 14.0 Å². The lowest BCUT2D eigenvalue weighted by molar-refractivity contribution is -0.248. The summed E-state index contributed by atoms with van der Waals surface area (Å²) in [6, 6.07) is -1.13. The molecule has 0 spiro atoms. The van der Waals surface area contributed by atoms with Crippen molar-refractivity contribution in [3.8, 4) is 0 Å². The van der Waals surface area contributed by atoms with Crippen LogP contribution in [0.2, 0.25) is 0 Å². The molecule has 2 unspecified atom stereocenters. The summed E-state index contributed by atoms with van der Waals surface area (Å²) in [7, 11) is 0. The minimum absolute atomic E-state index is 1.13. The first-order valence-electron chi connectivity index (χ1n) is 4.08. The van der Waals surface area contributed by atoms with Gasteiger partial charge in [-0.3, -0.25) is 0 Å². The van der Waals surface area contributed by atoms with Crippen LogP contribution >= 0.6 is 0 Å². The smallest absolute Gasteiger partial charge is 0.173 e. The summed E-state index contributed by atoms with van der Waals surface area (Å²) in [5.41, 5.74) is 5.25. The van der Waals surface area contributed by atoms with Crippen LogP contribution in [0.1, 0.15) is 1.37 Å². The van der Waals surface area contributed by atoms with Crippen LogP contribution in [0, 0.1) is 0 Å². The third-order valence-electron chi connectivity index (χ3n) is 1.85. The summed E-state index contributed by atoms with van der Waals surface area (Å²) < 4.78 is 11.5. The molecule has 6 nitrogen and oxygen atoms in total. The molecule has 0 bridgehead atoms. The maximum atomic E-state index is 9.25. The monoisotopic (exact) mass is 181 g/mol. The number of aliphatic hydroxyl groups is 4. The molecule has 6 N–H and O–H groups in total. The zero-order chi connectivity index (χ0) is 10.2. The predicted molar refractivity (Wildman–Crippen MR) is 38.0 cm³/mol. The van der Waals surface area contributed by atoms with E-state index in [1.54, 1.807) is 0 Å². The van der Waals surface area contributed by atoms with Gasteiger partial charge in [-0.05, 0) is 0 Å².